The topological polar surface area (TPSA) is 49.4 Å². The number of hydrogen-bond acceptors (Lipinski definition) is 3. The molecule has 3 fully saturated rings. The molecule has 4 atom stereocenters. The lowest BCUT2D eigenvalue weighted by molar-refractivity contribution is -0.189. The van der Waals surface area contributed by atoms with Crippen molar-refractivity contribution in [2.75, 3.05) is 19.6 Å². The van der Waals surface area contributed by atoms with Crippen molar-refractivity contribution in [2.45, 2.75) is 57.7 Å². The van der Waals surface area contributed by atoms with Crippen LogP contribution in [0.2, 0.25) is 0 Å². The maximum absolute atomic E-state index is 13.3. The quantitative estimate of drug-likeness (QED) is 0.745. The Morgan fingerprint density at radius 3 is 2.48 bits per heavy atom. The van der Waals surface area contributed by atoms with Crippen LogP contribution >= 0.6 is 0 Å². The summed E-state index contributed by atoms with van der Waals surface area (Å²) in [5.74, 6) is 2.87. The molecule has 3 rings (SSSR count). The fraction of sp³-hybridized carbons (Fsp3) is 0.800. The van der Waals surface area contributed by atoms with Gasteiger partial charge in [0.25, 0.3) is 0 Å². The molecular weight excluding hydrogens is 357 g/mol. The third-order valence-electron chi connectivity index (χ3n) is 6.37. The van der Waals surface area contributed by atoms with Crippen LogP contribution in [0.25, 0.3) is 0 Å². The van der Waals surface area contributed by atoms with Crippen LogP contribution in [0, 0.1) is 35.5 Å². The predicted octanol–water partition coefficient (Wildman–Crippen LogP) is 2.77. The van der Waals surface area contributed by atoms with Gasteiger partial charge in [-0.25, -0.2) is 0 Å². The molecule has 27 heavy (non-hydrogen) atoms. The van der Waals surface area contributed by atoms with E-state index in [4.69, 9.17) is 0 Å². The lowest BCUT2D eigenvalue weighted by atomic mass is 9.73. The van der Waals surface area contributed by atoms with Gasteiger partial charge in [0.05, 0.1) is 0 Å². The molecule has 7 heteroatoms. The van der Waals surface area contributed by atoms with Crippen molar-refractivity contribution in [3.05, 3.63) is 0 Å². The standard InChI is InChI=1S/C20H27F3N2O2/c1-3-5-15-12-25(18(27)20(21,22)23)19(7-8-19)10-13(2)16(15)17(26)14-6-4-9-24-11-14/h13-16,24H,4,6-12H2,1-2H3/t13?,14-,15?,16?/m1/s1. The number of likely N-dealkylation sites (tertiary alicyclic amines) is 1. The second kappa shape index (κ2) is 7.46. The van der Waals surface area contributed by atoms with E-state index >= 15 is 0 Å². The zero-order chi connectivity index (χ0) is 19.8. The van der Waals surface area contributed by atoms with Gasteiger partial charge in [-0.3, -0.25) is 9.59 Å². The molecule has 4 nitrogen and oxygen atoms in total. The van der Waals surface area contributed by atoms with E-state index in [1.54, 1.807) is 6.92 Å². The number of hydrogen-bond donors (Lipinski definition) is 1. The largest absolute Gasteiger partial charge is 0.471 e. The highest BCUT2D eigenvalue weighted by Crippen LogP contribution is 2.52. The van der Waals surface area contributed by atoms with E-state index in [0.29, 0.717) is 25.8 Å². The van der Waals surface area contributed by atoms with Crippen molar-refractivity contribution in [3.63, 3.8) is 0 Å². The molecule has 3 unspecified atom stereocenters. The predicted molar refractivity (Wildman–Crippen MR) is 94.5 cm³/mol. The minimum atomic E-state index is -4.90. The van der Waals surface area contributed by atoms with Crippen LogP contribution in [0.3, 0.4) is 0 Å². The van der Waals surface area contributed by atoms with E-state index in [9.17, 15) is 22.8 Å². The van der Waals surface area contributed by atoms with Gasteiger partial charge in [0.15, 0.2) is 0 Å². The summed E-state index contributed by atoms with van der Waals surface area (Å²) in [5.41, 5.74) is -0.750. The molecule has 1 aliphatic carbocycles. The average molecular weight is 384 g/mol. The first-order valence-corrected chi connectivity index (χ1v) is 9.75. The van der Waals surface area contributed by atoms with Gasteiger partial charge in [0, 0.05) is 36.4 Å². The second-order valence-corrected chi connectivity index (χ2v) is 8.29. The summed E-state index contributed by atoms with van der Waals surface area (Å²) >= 11 is 0. The molecule has 2 heterocycles. The van der Waals surface area contributed by atoms with Gasteiger partial charge in [-0.05, 0) is 51.5 Å². The van der Waals surface area contributed by atoms with Gasteiger partial charge in [-0.2, -0.15) is 13.2 Å². The van der Waals surface area contributed by atoms with Gasteiger partial charge >= 0.3 is 12.1 Å². The van der Waals surface area contributed by atoms with Gasteiger partial charge in [-0.15, -0.1) is 5.92 Å². The van der Waals surface area contributed by atoms with Crippen LogP contribution in [0.5, 0.6) is 0 Å². The Kier molecular flexibility index (Phi) is 5.58. The third kappa shape index (κ3) is 4.01. The smallest absolute Gasteiger partial charge is 0.328 e. The van der Waals surface area contributed by atoms with Crippen LogP contribution < -0.4 is 5.32 Å². The van der Waals surface area contributed by atoms with E-state index in [0.717, 1.165) is 24.3 Å². The van der Waals surface area contributed by atoms with Crippen molar-refractivity contribution in [1.29, 1.82) is 0 Å². The molecule has 1 N–H and O–H groups in total. The highest BCUT2D eigenvalue weighted by Gasteiger charge is 2.59. The number of carbonyl (C=O) groups is 2. The minimum Gasteiger partial charge on any atom is -0.328 e. The number of alkyl halides is 3. The van der Waals surface area contributed by atoms with Gasteiger partial charge in [0.1, 0.15) is 5.78 Å². The molecule has 1 spiro atoms. The number of nitrogens with zero attached hydrogens (tertiary/aromatic N) is 1. The van der Waals surface area contributed by atoms with Crippen LogP contribution in [0.1, 0.15) is 46.0 Å². The Labute approximate surface area is 158 Å². The number of piperidine rings is 1. The maximum Gasteiger partial charge on any atom is 0.471 e. The van der Waals surface area contributed by atoms with Crippen LogP contribution in [-0.2, 0) is 9.59 Å². The van der Waals surface area contributed by atoms with Crippen molar-refractivity contribution in [2.24, 2.45) is 23.7 Å². The van der Waals surface area contributed by atoms with Gasteiger partial charge in [0.2, 0.25) is 0 Å². The summed E-state index contributed by atoms with van der Waals surface area (Å²) in [6.07, 6.45) is -1.61. The van der Waals surface area contributed by atoms with E-state index in [1.165, 1.54) is 0 Å². The van der Waals surface area contributed by atoms with Crippen molar-refractivity contribution in [1.82, 2.24) is 10.2 Å². The van der Waals surface area contributed by atoms with E-state index in [-0.39, 0.29) is 24.2 Å². The number of rotatable bonds is 2. The molecule has 2 saturated heterocycles. The number of ketones is 1. The first-order valence-electron chi connectivity index (χ1n) is 9.75. The molecule has 0 aromatic carbocycles. The number of carbonyl (C=O) groups excluding carboxylic acids is 2. The monoisotopic (exact) mass is 384 g/mol. The van der Waals surface area contributed by atoms with Gasteiger partial charge < -0.3 is 10.2 Å². The van der Waals surface area contributed by atoms with E-state index in [2.05, 4.69) is 17.2 Å². The Hall–Kier alpha value is -1.55. The molecule has 3 aliphatic rings. The molecule has 0 aromatic rings. The molecule has 1 amide bonds. The summed E-state index contributed by atoms with van der Waals surface area (Å²) in [5, 5.41) is 3.24. The molecule has 0 aromatic heterocycles. The summed E-state index contributed by atoms with van der Waals surface area (Å²) in [4.78, 5) is 26.4. The second-order valence-electron chi connectivity index (χ2n) is 8.29. The fourth-order valence-electron chi connectivity index (χ4n) is 4.97. The summed E-state index contributed by atoms with van der Waals surface area (Å²) in [6, 6.07) is 0. The molecule has 0 radical (unpaired) electrons. The highest BCUT2D eigenvalue weighted by molar-refractivity contribution is 5.86. The zero-order valence-corrected chi connectivity index (χ0v) is 15.9. The van der Waals surface area contributed by atoms with E-state index in [1.807, 2.05) is 6.92 Å². The van der Waals surface area contributed by atoms with Crippen molar-refractivity contribution >= 4 is 11.7 Å². The first kappa shape index (κ1) is 20.2. The Balaban J connectivity index is 1.91. The highest BCUT2D eigenvalue weighted by atomic mass is 19.4. The normalized spacial score (nSPS) is 33.0. The summed E-state index contributed by atoms with van der Waals surface area (Å²) < 4.78 is 39.6. The van der Waals surface area contributed by atoms with Crippen LogP contribution in [0.4, 0.5) is 13.2 Å². The molecular formula is C20H27F3N2O2. The van der Waals surface area contributed by atoms with Crippen LogP contribution in [0.15, 0.2) is 0 Å². The zero-order valence-electron chi connectivity index (χ0n) is 15.9. The number of amides is 1. The lowest BCUT2D eigenvalue weighted by Crippen LogP contribution is -2.50. The summed E-state index contributed by atoms with van der Waals surface area (Å²) in [6.45, 7) is 4.96. The molecule has 150 valence electrons. The third-order valence-corrected chi connectivity index (χ3v) is 6.37. The average Bonchev–Trinajstić information content (AvgIpc) is 3.40. The van der Waals surface area contributed by atoms with Crippen molar-refractivity contribution in [3.8, 4) is 11.8 Å². The maximum atomic E-state index is 13.3. The Morgan fingerprint density at radius 2 is 1.96 bits per heavy atom. The van der Waals surface area contributed by atoms with Crippen LogP contribution in [-0.4, -0.2) is 47.9 Å². The first-order chi connectivity index (χ1) is 12.7. The lowest BCUT2D eigenvalue weighted by Gasteiger charge is -2.32. The molecule has 1 saturated carbocycles. The minimum absolute atomic E-state index is 0.0968. The van der Waals surface area contributed by atoms with Gasteiger partial charge in [-0.1, -0.05) is 12.8 Å². The number of nitrogens with one attached hydrogen (secondary N) is 1. The summed E-state index contributed by atoms with van der Waals surface area (Å²) in [7, 11) is 0. The molecule has 0 bridgehead atoms. The fourth-order valence-corrected chi connectivity index (χ4v) is 4.97. The number of Topliss-reactive ketones (excluding diaryl/α,β-unsaturated/α-hetero) is 1. The van der Waals surface area contributed by atoms with Crippen molar-refractivity contribution < 1.29 is 22.8 Å². The van der Waals surface area contributed by atoms with E-state index < -0.39 is 29.5 Å². The Morgan fingerprint density at radius 1 is 1.26 bits per heavy atom. The Bertz CT molecular complexity index is 654. The number of halogens is 3. The molecule has 2 aliphatic heterocycles. The SMILES string of the molecule is CC#CC1CN(C(=O)C(F)(F)F)C2(CC2)CC(C)C1C(=O)[C@@H]1CCCNC1.